The molecule has 3 rings (SSSR count). The predicted molar refractivity (Wildman–Crippen MR) is 96.1 cm³/mol. The molecule has 0 amide bonds. The fourth-order valence-corrected chi connectivity index (χ4v) is 2.90. The maximum Gasteiger partial charge on any atom is 0.286 e. The summed E-state index contributed by atoms with van der Waals surface area (Å²) in [6.45, 7) is 4.58. The number of aryl methyl sites for hydroxylation is 1. The van der Waals surface area contributed by atoms with Gasteiger partial charge < -0.3 is 15.8 Å². The highest BCUT2D eigenvalue weighted by Crippen LogP contribution is 2.24. The molecule has 126 valence electrons. The number of benzene rings is 1. The highest BCUT2D eigenvalue weighted by Gasteiger charge is 2.21. The standard InChI is InChI=1S/C18H21ClN4O/c1-11-8-21-9-14(12(11)2)7-16(13-4-3-5-15(19)6-13)22-18-23-17(20)10-24-18/h3-6,8-9,16-17H,7,10,20H2,1-2H3,(H,22,23). The summed E-state index contributed by atoms with van der Waals surface area (Å²) >= 11 is 6.17. The Kier molecular flexibility index (Phi) is 5.02. The Labute approximate surface area is 146 Å². The molecule has 0 saturated heterocycles. The van der Waals surface area contributed by atoms with Crippen molar-refractivity contribution < 1.29 is 4.74 Å². The molecule has 0 saturated carbocycles. The third-order valence-corrected chi connectivity index (χ3v) is 4.45. The lowest BCUT2D eigenvalue weighted by Crippen LogP contribution is -2.30. The van der Waals surface area contributed by atoms with E-state index < -0.39 is 0 Å². The third-order valence-electron chi connectivity index (χ3n) is 4.22. The van der Waals surface area contributed by atoms with Crippen molar-refractivity contribution in [3.8, 4) is 0 Å². The van der Waals surface area contributed by atoms with Gasteiger partial charge in [-0.15, -0.1) is 0 Å². The number of aromatic nitrogens is 1. The second-order valence-corrected chi connectivity index (χ2v) is 6.45. The number of nitrogens with zero attached hydrogens (tertiary/aromatic N) is 2. The van der Waals surface area contributed by atoms with E-state index in [1.54, 1.807) is 0 Å². The van der Waals surface area contributed by atoms with Crippen molar-refractivity contribution in [2.45, 2.75) is 32.5 Å². The van der Waals surface area contributed by atoms with Crippen molar-refractivity contribution in [1.82, 2.24) is 10.3 Å². The second kappa shape index (κ2) is 7.20. The summed E-state index contributed by atoms with van der Waals surface area (Å²) in [4.78, 5) is 8.59. The average molecular weight is 345 g/mol. The molecule has 0 spiro atoms. The summed E-state index contributed by atoms with van der Waals surface area (Å²) in [5.74, 6) is 0. The third kappa shape index (κ3) is 3.86. The van der Waals surface area contributed by atoms with E-state index in [4.69, 9.17) is 22.1 Å². The Morgan fingerprint density at radius 2 is 2.21 bits per heavy atom. The number of nitrogens with two attached hydrogens (primary N) is 1. The lowest BCUT2D eigenvalue weighted by Gasteiger charge is -2.21. The Morgan fingerprint density at radius 1 is 1.38 bits per heavy atom. The van der Waals surface area contributed by atoms with Gasteiger partial charge in [0, 0.05) is 17.4 Å². The molecule has 3 N–H and O–H groups in total. The largest absolute Gasteiger partial charge is 0.462 e. The van der Waals surface area contributed by atoms with Crippen LogP contribution in [0.4, 0.5) is 0 Å². The van der Waals surface area contributed by atoms with Crippen LogP contribution in [0.1, 0.15) is 28.3 Å². The van der Waals surface area contributed by atoms with Gasteiger partial charge in [-0.3, -0.25) is 4.98 Å². The Balaban J connectivity index is 1.89. The molecule has 0 aliphatic carbocycles. The minimum absolute atomic E-state index is 0.0324. The van der Waals surface area contributed by atoms with Gasteiger partial charge in [-0.2, -0.15) is 0 Å². The summed E-state index contributed by atoms with van der Waals surface area (Å²) < 4.78 is 5.50. The van der Waals surface area contributed by atoms with E-state index in [2.05, 4.69) is 29.1 Å². The maximum atomic E-state index is 6.17. The first-order valence-corrected chi connectivity index (χ1v) is 8.29. The number of hydrogen-bond donors (Lipinski definition) is 2. The molecule has 6 heteroatoms. The smallest absolute Gasteiger partial charge is 0.286 e. The van der Waals surface area contributed by atoms with Crippen LogP contribution in [0.3, 0.4) is 0 Å². The molecule has 2 aromatic rings. The quantitative estimate of drug-likeness (QED) is 0.894. The van der Waals surface area contributed by atoms with Gasteiger partial charge in [0.1, 0.15) is 12.8 Å². The average Bonchev–Trinajstić information content (AvgIpc) is 2.96. The maximum absolute atomic E-state index is 6.17. The molecular formula is C18H21ClN4O. The number of aliphatic imine (C=N–C) groups is 1. The molecule has 2 unspecified atom stereocenters. The number of amidine groups is 1. The van der Waals surface area contributed by atoms with E-state index in [1.165, 1.54) is 16.7 Å². The zero-order valence-corrected chi connectivity index (χ0v) is 14.5. The molecule has 2 atom stereocenters. The van der Waals surface area contributed by atoms with E-state index in [9.17, 15) is 0 Å². The Bertz CT molecular complexity index is 762. The number of hydrogen-bond acceptors (Lipinski definition) is 5. The molecular weight excluding hydrogens is 324 g/mol. The van der Waals surface area contributed by atoms with E-state index in [1.807, 2.05) is 36.7 Å². The van der Waals surface area contributed by atoms with Crippen molar-refractivity contribution in [1.29, 1.82) is 0 Å². The lowest BCUT2D eigenvalue weighted by molar-refractivity contribution is 0.301. The van der Waals surface area contributed by atoms with Crippen LogP contribution in [0.25, 0.3) is 0 Å². The molecule has 2 heterocycles. The number of nitrogens with one attached hydrogen (secondary N) is 1. The van der Waals surface area contributed by atoms with Crippen LogP contribution in [0.15, 0.2) is 41.7 Å². The van der Waals surface area contributed by atoms with Crippen LogP contribution >= 0.6 is 11.6 Å². The van der Waals surface area contributed by atoms with Crippen molar-refractivity contribution in [2.24, 2.45) is 10.7 Å². The van der Waals surface area contributed by atoms with Gasteiger partial charge in [-0.1, -0.05) is 23.7 Å². The van der Waals surface area contributed by atoms with Crippen molar-refractivity contribution in [2.75, 3.05) is 6.61 Å². The van der Waals surface area contributed by atoms with E-state index in [0.717, 1.165) is 12.0 Å². The molecule has 1 aliphatic rings. The first kappa shape index (κ1) is 16.7. The van der Waals surface area contributed by atoms with Crippen LogP contribution in [-0.4, -0.2) is 23.8 Å². The van der Waals surface area contributed by atoms with Gasteiger partial charge in [-0.05, 0) is 54.7 Å². The summed E-state index contributed by atoms with van der Waals surface area (Å²) in [7, 11) is 0. The van der Waals surface area contributed by atoms with Crippen molar-refractivity contribution in [3.63, 3.8) is 0 Å². The van der Waals surface area contributed by atoms with Crippen LogP contribution in [0, 0.1) is 13.8 Å². The highest BCUT2D eigenvalue weighted by atomic mass is 35.5. The van der Waals surface area contributed by atoms with E-state index in [0.29, 0.717) is 17.7 Å². The van der Waals surface area contributed by atoms with Crippen LogP contribution in [0.2, 0.25) is 5.02 Å². The number of halogens is 1. The number of pyridine rings is 1. The minimum atomic E-state index is -0.310. The molecule has 5 nitrogen and oxygen atoms in total. The summed E-state index contributed by atoms with van der Waals surface area (Å²) in [6, 6.07) is 8.24. The number of rotatable bonds is 4. The minimum Gasteiger partial charge on any atom is -0.462 e. The van der Waals surface area contributed by atoms with Crippen LogP contribution in [-0.2, 0) is 11.2 Å². The van der Waals surface area contributed by atoms with Gasteiger partial charge in [0.25, 0.3) is 6.02 Å². The number of ether oxygens (including phenoxy) is 1. The van der Waals surface area contributed by atoms with Gasteiger partial charge in [0.2, 0.25) is 0 Å². The molecule has 1 aromatic carbocycles. The topological polar surface area (TPSA) is 72.5 Å². The predicted octanol–water partition coefficient (Wildman–Crippen LogP) is 2.90. The monoisotopic (exact) mass is 344 g/mol. The van der Waals surface area contributed by atoms with E-state index >= 15 is 0 Å². The van der Waals surface area contributed by atoms with Gasteiger partial charge in [0.05, 0.1) is 6.04 Å². The Hall–Kier alpha value is -2.11. The Morgan fingerprint density at radius 3 is 2.92 bits per heavy atom. The summed E-state index contributed by atoms with van der Waals surface area (Å²) in [5, 5.41) is 4.04. The van der Waals surface area contributed by atoms with Crippen LogP contribution < -0.4 is 11.1 Å². The first-order valence-electron chi connectivity index (χ1n) is 7.91. The molecule has 24 heavy (non-hydrogen) atoms. The lowest BCUT2D eigenvalue weighted by atomic mass is 9.96. The first-order chi connectivity index (χ1) is 11.5. The highest BCUT2D eigenvalue weighted by molar-refractivity contribution is 6.30. The zero-order valence-electron chi connectivity index (χ0n) is 13.8. The van der Waals surface area contributed by atoms with Crippen molar-refractivity contribution in [3.05, 3.63) is 63.9 Å². The van der Waals surface area contributed by atoms with E-state index in [-0.39, 0.29) is 12.2 Å². The normalized spacial score (nSPS) is 18.0. The molecule has 0 bridgehead atoms. The SMILES string of the molecule is Cc1cncc(CC(NC2=NC(N)CO2)c2cccc(Cl)c2)c1C. The van der Waals surface area contributed by atoms with Gasteiger partial charge in [0.15, 0.2) is 0 Å². The van der Waals surface area contributed by atoms with Gasteiger partial charge in [-0.25, -0.2) is 4.99 Å². The zero-order chi connectivity index (χ0) is 17.1. The fourth-order valence-electron chi connectivity index (χ4n) is 2.70. The fraction of sp³-hybridized carbons (Fsp3) is 0.333. The van der Waals surface area contributed by atoms with Crippen molar-refractivity contribution >= 4 is 17.6 Å². The summed E-state index contributed by atoms with van der Waals surface area (Å²) in [6.07, 6.45) is 4.22. The second-order valence-electron chi connectivity index (χ2n) is 6.01. The van der Waals surface area contributed by atoms with Crippen LogP contribution in [0.5, 0.6) is 0 Å². The summed E-state index contributed by atoms with van der Waals surface area (Å²) in [5.41, 5.74) is 10.4. The molecule has 0 fully saturated rings. The van der Waals surface area contributed by atoms with Gasteiger partial charge >= 0.3 is 0 Å². The molecule has 1 aromatic heterocycles. The molecule has 0 radical (unpaired) electrons. The molecule has 1 aliphatic heterocycles.